The molecule has 6 nitrogen and oxygen atoms in total. The number of carbonyl (C=O) groups is 1. The zero-order chi connectivity index (χ0) is 16.7. The van der Waals surface area contributed by atoms with E-state index in [1.54, 1.807) is 12.3 Å². The molecule has 0 radical (unpaired) electrons. The van der Waals surface area contributed by atoms with Crippen molar-refractivity contribution in [2.24, 2.45) is 10.7 Å². The number of aryl methyl sites for hydroxylation is 2. The summed E-state index contributed by atoms with van der Waals surface area (Å²) in [7, 11) is 0. The van der Waals surface area contributed by atoms with Crippen molar-refractivity contribution >= 4 is 23.4 Å². The molecule has 2 aromatic rings. The molecule has 0 aliphatic carbocycles. The number of anilines is 2. The molecule has 120 valence electrons. The van der Waals surface area contributed by atoms with Crippen LogP contribution in [0.2, 0.25) is 0 Å². The zero-order valence-corrected chi connectivity index (χ0v) is 13.3. The summed E-state index contributed by atoms with van der Waals surface area (Å²) >= 11 is 0. The number of nitrogens with zero attached hydrogens (tertiary/aromatic N) is 2. The number of carbonyl (C=O) groups excluding carboxylic acids is 1. The van der Waals surface area contributed by atoms with Crippen molar-refractivity contribution in [3.05, 3.63) is 53.7 Å². The molecule has 1 amide bonds. The third kappa shape index (κ3) is 5.78. The molecule has 23 heavy (non-hydrogen) atoms. The maximum atomic E-state index is 11.8. The first-order valence-electron chi connectivity index (χ1n) is 7.39. The lowest BCUT2D eigenvalue weighted by Crippen LogP contribution is -2.23. The molecular formula is C17H21N5O. The van der Waals surface area contributed by atoms with Crippen LogP contribution in [0.15, 0.2) is 47.6 Å². The van der Waals surface area contributed by atoms with Gasteiger partial charge in [0.1, 0.15) is 5.82 Å². The van der Waals surface area contributed by atoms with E-state index in [9.17, 15) is 4.79 Å². The molecule has 4 N–H and O–H groups in total. The normalized spacial score (nSPS) is 11.1. The number of hydrogen-bond acceptors (Lipinski definition) is 3. The fraction of sp³-hybridized carbons (Fsp3) is 0.235. The van der Waals surface area contributed by atoms with Gasteiger partial charge in [0, 0.05) is 18.3 Å². The van der Waals surface area contributed by atoms with Crippen LogP contribution >= 0.6 is 0 Å². The molecule has 0 aliphatic heterocycles. The predicted octanol–water partition coefficient (Wildman–Crippen LogP) is 2.45. The largest absolute Gasteiger partial charge is 0.370 e. The third-order valence-corrected chi connectivity index (χ3v) is 3.12. The lowest BCUT2D eigenvalue weighted by molar-refractivity contribution is -0.116. The highest BCUT2D eigenvalue weighted by atomic mass is 16.1. The molecular weight excluding hydrogens is 290 g/mol. The Morgan fingerprint density at radius 2 is 1.78 bits per heavy atom. The van der Waals surface area contributed by atoms with Crippen LogP contribution in [0, 0.1) is 13.8 Å². The molecule has 0 aliphatic rings. The fourth-order valence-corrected chi connectivity index (χ4v) is 1.85. The molecule has 6 heteroatoms. The zero-order valence-electron chi connectivity index (χ0n) is 13.3. The van der Waals surface area contributed by atoms with E-state index in [1.165, 1.54) is 5.56 Å². The fourth-order valence-electron chi connectivity index (χ4n) is 1.85. The van der Waals surface area contributed by atoms with Gasteiger partial charge in [-0.05, 0) is 37.6 Å². The van der Waals surface area contributed by atoms with Crippen molar-refractivity contribution < 1.29 is 4.79 Å². The molecule has 0 spiro atoms. The number of rotatable bonds is 5. The molecule has 2 rings (SSSR count). The second-order valence-electron chi connectivity index (χ2n) is 5.28. The Kier molecular flexibility index (Phi) is 5.68. The summed E-state index contributed by atoms with van der Waals surface area (Å²) in [5, 5.41) is 5.70. The lowest BCUT2D eigenvalue weighted by atomic mass is 10.2. The summed E-state index contributed by atoms with van der Waals surface area (Å²) in [6, 6.07) is 11.5. The monoisotopic (exact) mass is 311 g/mol. The Morgan fingerprint density at radius 1 is 1.09 bits per heavy atom. The van der Waals surface area contributed by atoms with E-state index in [1.807, 2.05) is 44.2 Å². The van der Waals surface area contributed by atoms with Crippen LogP contribution in [-0.4, -0.2) is 23.4 Å². The van der Waals surface area contributed by atoms with E-state index < -0.39 is 0 Å². The maximum Gasteiger partial charge on any atom is 0.227 e. The minimum Gasteiger partial charge on any atom is -0.370 e. The van der Waals surface area contributed by atoms with Gasteiger partial charge in [-0.25, -0.2) is 4.98 Å². The molecule has 0 atom stereocenters. The first kappa shape index (κ1) is 16.5. The molecule has 1 heterocycles. The van der Waals surface area contributed by atoms with Gasteiger partial charge in [0.2, 0.25) is 5.91 Å². The highest BCUT2D eigenvalue weighted by molar-refractivity contribution is 5.93. The average molecular weight is 311 g/mol. The van der Waals surface area contributed by atoms with Crippen molar-refractivity contribution in [1.29, 1.82) is 0 Å². The molecule has 0 bridgehead atoms. The lowest BCUT2D eigenvalue weighted by Gasteiger charge is -2.06. The molecule has 0 unspecified atom stereocenters. The highest BCUT2D eigenvalue weighted by Gasteiger charge is 2.03. The van der Waals surface area contributed by atoms with Gasteiger partial charge in [-0.2, -0.15) is 0 Å². The van der Waals surface area contributed by atoms with Crippen molar-refractivity contribution in [1.82, 2.24) is 4.98 Å². The van der Waals surface area contributed by atoms with E-state index in [-0.39, 0.29) is 18.3 Å². The number of aromatic nitrogens is 1. The number of aliphatic imine (C=N–C) groups is 1. The Morgan fingerprint density at radius 3 is 2.43 bits per heavy atom. The van der Waals surface area contributed by atoms with Gasteiger partial charge in [0.25, 0.3) is 0 Å². The topological polar surface area (TPSA) is 92.4 Å². The van der Waals surface area contributed by atoms with Gasteiger partial charge in [-0.15, -0.1) is 0 Å². The molecule has 1 aromatic heterocycles. The first-order chi connectivity index (χ1) is 11.0. The van der Waals surface area contributed by atoms with Gasteiger partial charge in [-0.1, -0.05) is 23.8 Å². The van der Waals surface area contributed by atoms with Crippen molar-refractivity contribution in [3.63, 3.8) is 0 Å². The summed E-state index contributed by atoms with van der Waals surface area (Å²) in [5.41, 5.74) is 8.88. The van der Waals surface area contributed by atoms with Crippen molar-refractivity contribution in [2.75, 3.05) is 17.2 Å². The maximum absolute atomic E-state index is 11.8. The Labute approximate surface area is 135 Å². The predicted molar refractivity (Wildman–Crippen MR) is 93.5 cm³/mol. The number of hydrogen-bond donors (Lipinski definition) is 3. The second-order valence-corrected chi connectivity index (χ2v) is 5.28. The van der Waals surface area contributed by atoms with Crippen LogP contribution < -0.4 is 16.4 Å². The van der Waals surface area contributed by atoms with E-state index in [4.69, 9.17) is 5.73 Å². The number of nitrogens with two attached hydrogens (primary N) is 1. The van der Waals surface area contributed by atoms with Crippen LogP contribution in [0.5, 0.6) is 0 Å². The number of amides is 1. The summed E-state index contributed by atoms with van der Waals surface area (Å²) in [6.07, 6.45) is 1.95. The minimum atomic E-state index is -0.145. The van der Waals surface area contributed by atoms with E-state index in [0.717, 1.165) is 11.3 Å². The number of benzene rings is 1. The van der Waals surface area contributed by atoms with Crippen LogP contribution in [0.4, 0.5) is 11.5 Å². The first-order valence-corrected chi connectivity index (χ1v) is 7.39. The average Bonchev–Trinajstić information content (AvgIpc) is 2.52. The summed E-state index contributed by atoms with van der Waals surface area (Å²) < 4.78 is 0. The van der Waals surface area contributed by atoms with Crippen molar-refractivity contribution in [3.8, 4) is 0 Å². The minimum absolute atomic E-state index is 0.145. The van der Waals surface area contributed by atoms with E-state index in [2.05, 4.69) is 20.6 Å². The molecule has 0 saturated carbocycles. The standard InChI is InChI=1S/C17H21N5O/c1-12-3-6-14(7-4-12)21-17(18)19-10-9-16(23)22-15-8-5-13(2)11-20-15/h3-8,11H,9-10H2,1-2H3,(H3,18,19,21)(H,20,22,23). The van der Waals surface area contributed by atoms with Crippen LogP contribution in [0.3, 0.4) is 0 Å². The Bertz CT molecular complexity index is 677. The number of nitrogens with one attached hydrogen (secondary N) is 2. The second kappa shape index (κ2) is 7.93. The highest BCUT2D eigenvalue weighted by Crippen LogP contribution is 2.08. The number of pyridine rings is 1. The van der Waals surface area contributed by atoms with E-state index >= 15 is 0 Å². The van der Waals surface area contributed by atoms with Crippen molar-refractivity contribution in [2.45, 2.75) is 20.3 Å². The third-order valence-electron chi connectivity index (χ3n) is 3.12. The van der Waals surface area contributed by atoms with Gasteiger partial charge in [0.05, 0.1) is 6.54 Å². The Hall–Kier alpha value is -2.89. The van der Waals surface area contributed by atoms with Gasteiger partial charge in [0.15, 0.2) is 5.96 Å². The van der Waals surface area contributed by atoms with Crippen LogP contribution in [0.1, 0.15) is 17.5 Å². The SMILES string of the molecule is Cc1ccc(NC(N)=NCCC(=O)Nc2ccc(C)cn2)cc1. The van der Waals surface area contributed by atoms with Crippen LogP contribution in [0.25, 0.3) is 0 Å². The Balaban J connectivity index is 1.77. The summed E-state index contributed by atoms with van der Waals surface area (Å²) in [6.45, 7) is 4.27. The van der Waals surface area contributed by atoms with Gasteiger partial charge in [-0.3, -0.25) is 9.79 Å². The summed E-state index contributed by atoms with van der Waals surface area (Å²) in [4.78, 5) is 20.1. The smallest absolute Gasteiger partial charge is 0.227 e. The van der Waals surface area contributed by atoms with E-state index in [0.29, 0.717) is 12.4 Å². The number of guanidine groups is 1. The van der Waals surface area contributed by atoms with Crippen LogP contribution in [-0.2, 0) is 4.79 Å². The van der Waals surface area contributed by atoms with Gasteiger partial charge < -0.3 is 16.4 Å². The van der Waals surface area contributed by atoms with Gasteiger partial charge >= 0.3 is 0 Å². The molecule has 0 saturated heterocycles. The molecule has 1 aromatic carbocycles. The molecule has 0 fully saturated rings. The summed E-state index contributed by atoms with van der Waals surface area (Å²) in [5.74, 6) is 0.679. The quantitative estimate of drug-likeness (QED) is 0.584.